The summed E-state index contributed by atoms with van der Waals surface area (Å²) in [7, 11) is 0. The molecule has 2 aromatic heterocycles. The Hall–Kier alpha value is -1.85. The second-order valence-electron chi connectivity index (χ2n) is 2.62. The van der Waals surface area contributed by atoms with E-state index in [9.17, 15) is 13.6 Å². The Morgan fingerprint density at radius 3 is 2.93 bits per heavy atom. The van der Waals surface area contributed by atoms with Crippen molar-refractivity contribution >= 4 is 11.4 Å². The molecule has 2 heterocycles. The lowest BCUT2D eigenvalue weighted by molar-refractivity contribution is 0.0673. The third kappa shape index (κ3) is 1.34. The van der Waals surface area contributed by atoms with Crippen molar-refractivity contribution < 1.29 is 13.6 Å². The van der Waals surface area contributed by atoms with Gasteiger partial charge in [-0.05, 0) is 6.07 Å². The van der Waals surface area contributed by atoms with Crippen LogP contribution in [0.4, 0.5) is 8.78 Å². The highest BCUT2D eigenvalue weighted by molar-refractivity contribution is 5.97. The Bertz CT molecular complexity index is 447. The topological polar surface area (TPSA) is 47.3 Å². The van der Waals surface area contributed by atoms with Crippen LogP contribution >= 0.6 is 0 Å². The van der Waals surface area contributed by atoms with E-state index in [2.05, 4.69) is 10.1 Å². The van der Waals surface area contributed by atoms with Gasteiger partial charge in [-0.25, -0.2) is 18.3 Å². The maximum Gasteiger partial charge on any atom is 0.302 e. The molecule has 72 valence electrons. The second-order valence-corrected chi connectivity index (χ2v) is 2.62. The minimum atomic E-state index is -3.03. The summed E-state index contributed by atoms with van der Waals surface area (Å²) in [6.07, 6.45) is -0.00184. The fourth-order valence-corrected chi connectivity index (χ4v) is 1.06. The van der Waals surface area contributed by atoms with E-state index in [0.29, 0.717) is 5.65 Å². The molecule has 0 aliphatic carbocycles. The number of fused-ring (bicyclic) bond motifs is 1. The van der Waals surface area contributed by atoms with Gasteiger partial charge in [-0.2, -0.15) is 5.10 Å². The minimum absolute atomic E-state index is 0.265. The Morgan fingerprint density at radius 1 is 1.50 bits per heavy atom. The predicted octanol–water partition coefficient (Wildman–Crippen LogP) is 1.18. The summed E-state index contributed by atoms with van der Waals surface area (Å²) in [5.41, 5.74) is 0.107. The molecule has 0 N–H and O–H groups in total. The SMILES string of the molecule is O=C(c1cc2ncccn2n1)C(F)F. The van der Waals surface area contributed by atoms with Gasteiger partial charge in [0.1, 0.15) is 5.69 Å². The summed E-state index contributed by atoms with van der Waals surface area (Å²) >= 11 is 0. The highest BCUT2D eigenvalue weighted by atomic mass is 19.3. The number of nitrogens with zero attached hydrogens (tertiary/aromatic N) is 3. The quantitative estimate of drug-likeness (QED) is 0.679. The van der Waals surface area contributed by atoms with E-state index in [-0.39, 0.29) is 5.69 Å². The largest absolute Gasteiger partial charge is 0.302 e. The van der Waals surface area contributed by atoms with Gasteiger partial charge in [0, 0.05) is 18.5 Å². The highest BCUT2D eigenvalue weighted by Crippen LogP contribution is 2.08. The van der Waals surface area contributed by atoms with Gasteiger partial charge in [-0.1, -0.05) is 0 Å². The number of carbonyl (C=O) groups is 1. The first-order chi connectivity index (χ1) is 6.68. The first-order valence-corrected chi connectivity index (χ1v) is 3.81. The number of ketones is 1. The lowest BCUT2D eigenvalue weighted by Crippen LogP contribution is -2.10. The van der Waals surface area contributed by atoms with E-state index in [4.69, 9.17) is 0 Å². The summed E-state index contributed by atoms with van der Waals surface area (Å²) in [4.78, 5) is 14.7. The van der Waals surface area contributed by atoms with Crippen LogP contribution in [0, 0.1) is 0 Å². The molecule has 0 radical (unpaired) electrons. The number of aromatic nitrogens is 3. The maximum absolute atomic E-state index is 12.0. The van der Waals surface area contributed by atoms with E-state index >= 15 is 0 Å². The molecule has 0 aliphatic rings. The van der Waals surface area contributed by atoms with Crippen molar-refractivity contribution in [3.63, 3.8) is 0 Å². The van der Waals surface area contributed by atoms with Crippen LogP contribution in [0.2, 0.25) is 0 Å². The van der Waals surface area contributed by atoms with Gasteiger partial charge in [0.15, 0.2) is 5.65 Å². The summed E-state index contributed by atoms with van der Waals surface area (Å²) in [6.45, 7) is 0. The maximum atomic E-state index is 12.0. The van der Waals surface area contributed by atoms with E-state index in [0.717, 1.165) is 0 Å². The molecule has 0 saturated heterocycles. The Balaban J connectivity index is 2.50. The zero-order chi connectivity index (χ0) is 10.1. The van der Waals surface area contributed by atoms with Crippen molar-refractivity contribution in [1.82, 2.24) is 14.6 Å². The van der Waals surface area contributed by atoms with Crippen LogP contribution in [0.3, 0.4) is 0 Å². The van der Waals surface area contributed by atoms with Crippen LogP contribution in [-0.4, -0.2) is 26.8 Å². The van der Waals surface area contributed by atoms with Gasteiger partial charge in [-0.15, -0.1) is 0 Å². The number of hydrogen-bond donors (Lipinski definition) is 0. The summed E-state index contributed by atoms with van der Waals surface area (Å²) in [6, 6.07) is 2.82. The van der Waals surface area contributed by atoms with Gasteiger partial charge >= 0.3 is 6.43 Å². The Labute approximate surface area is 77.2 Å². The molecule has 6 heteroatoms. The fourth-order valence-electron chi connectivity index (χ4n) is 1.06. The summed E-state index contributed by atoms with van der Waals surface area (Å²) in [5, 5.41) is 3.66. The lowest BCUT2D eigenvalue weighted by atomic mass is 10.3. The third-order valence-electron chi connectivity index (χ3n) is 1.69. The number of Topliss-reactive ketones (excluding diaryl/α,β-unsaturated/α-hetero) is 1. The van der Waals surface area contributed by atoms with Crippen LogP contribution in [0.1, 0.15) is 10.5 Å². The zero-order valence-corrected chi connectivity index (χ0v) is 6.89. The number of hydrogen-bond acceptors (Lipinski definition) is 3. The van der Waals surface area contributed by atoms with Crippen LogP contribution in [0.5, 0.6) is 0 Å². The van der Waals surface area contributed by atoms with Crippen LogP contribution in [0.25, 0.3) is 5.65 Å². The molecule has 0 unspecified atom stereocenters. The smallest absolute Gasteiger partial charge is 0.286 e. The second kappa shape index (κ2) is 3.13. The van der Waals surface area contributed by atoms with Crippen molar-refractivity contribution in [2.75, 3.05) is 0 Å². The van der Waals surface area contributed by atoms with Crippen molar-refractivity contribution in [2.45, 2.75) is 6.43 Å². The highest BCUT2D eigenvalue weighted by Gasteiger charge is 2.20. The molecule has 0 aliphatic heterocycles. The van der Waals surface area contributed by atoms with Gasteiger partial charge in [0.2, 0.25) is 5.78 Å². The molecular weight excluding hydrogens is 192 g/mol. The van der Waals surface area contributed by atoms with E-state index in [1.165, 1.54) is 23.0 Å². The number of alkyl halides is 2. The van der Waals surface area contributed by atoms with Gasteiger partial charge < -0.3 is 0 Å². The molecule has 0 fully saturated rings. The van der Waals surface area contributed by atoms with Gasteiger partial charge in [-0.3, -0.25) is 4.79 Å². The number of rotatable bonds is 2. The van der Waals surface area contributed by atoms with Crippen LogP contribution < -0.4 is 0 Å². The molecule has 0 spiro atoms. The van der Waals surface area contributed by atoms with Crippen molar-refractivity contribution in [3.8, 4) is 0 Å². The molecule has 0 atom stereocenters. The molecule has 4 nitrogen and oxygen atoms in total. The van der Waals surface area contributed by atoms with E-state index in [1.54, 1.807) is 6.07 Å². The van der Waals surface area contributed by atoms with Gasteiger partial charge in [0.05, 0.1) is 0 Å². The van der Waals surface area contributed by atoms with E-state index < -0.39 is 12.2 Å². The average molecular weight is 197 g/mol. The molecule has 0 bridgehead atoms. The predicted molar refractivity (Wildman–Crippen MR) is 43.3 cm³/mol. The number of carbonyl (C=O) groups excluding carboxylic acids is 1. The molecule has 2 rings (SSSR count). The minimum Gasteiger partial charge on any atom is -0.286 e. The normalized spacial score (nSPS) is 11.1. The first-order valence-electron chi connectivity index (χ1n) is 3.81. The lowest BCUT2D eigenvalue weighted by Gasteiger charge is -1.91. The molecule has 0 amide bonds. The molecular formula is C8H5F2N3O. The van der Waals surface area contributed by atoms with E-state index in [1.807, 2.05) is 0 Å². The Kier molecular flexibility index (Phi) is 1.95. The summed E-state index contributed by atoms with van der Waals surface area (Å²) < 4.78 is 25.3. The monoisotopic (exact) mass is 197 g/mol. The first kappa shape index (κ1) is 8.74. The number of halogens is 2. The fraction of sp³-hybridized carbons (Fsp3) is 0.125. The van der Waals surface area contributed by atoms with Gasteiger partial charge in [0.25, 0.3) is 0 Å². The molecule has 14 heavy (non-hydrogen) atoms. The molecule has 0 aromatic carbocycles. The summed E-state index contributed by atoms with van der Waals surface area (Å²) in [5.74, 6) is -1.28. The molecule has 0 saturated carbocycles. The van der Waals surface area contributed by atoms with Crippen molar-refractivity contribution in [2.24, 2.45) is 0 Å². The van der Waals surface area contributed by atoms with Crippen molar-refractivity contribution in [3.05, 3.63) is 30.2 Å². The van der Waals surface area contributed by atoms with Crippen molar-refractivity contribution in [1.29, 1.82) is 0 Å². The third-order valence-corrected chi connectivity index (χ3v) is 1.69. The zero-order valence-electron chi connectivity index (χ0n) is 6.89. The molecule has 2 aromatic rings. The Morgan fingerprint density at radius 2 is 2.29 bits per heavy atom. The van der Waals surface area contributed by atoms with Crippen LogP contribution in [-0.2, 0) is 0 Å². The average Bonchev–Trinajstić information content (AvgIpc) is 2.59. The standard InChI is InChI=1S/C8H5F2N3O/c9-8(10)7(14)5-4-6-11-2-1-3-13(6)12-5/h1-4,8H. The van der Waals surface area contributed by atoms with Crippen LogP contribution in [0.15, 0.2) is 24.5 Å².